The Morgan fingerprint density at radius 2 is 1.71 bits per heavy atom. The first-order valence-electron chi connectivity index (χ1n) is 5.76. The SMILES string of the molecule is COc1cccc(OC)c1OCCNC(C)C. The topological polar surface area (TPSA) is 39.7 Å². The molecule has 1 rings (SSSR count). The summed E-state index contributed by atoms with van der Waals surface area (Å²) in [5.74, 6) is 2.03. The largest absolute Gasteiger partial charge is 0.493 e. The van der Waals surface area contributed by atoms with Crippen LogP contribution in [0.3, 0.4) is 0 Å². The fourth-order valence-electron chi connectivity index (χ4n) is 1.46. The molecule has 0 aliphatic heterocycles. The van der Waals surface area contributed by atoms with Crippen LogP contribution in [0.25, 0.3) is 0 Å². The molecule has 0 saturated carbocycles. The average molecular weight is 239 g/mol. The highest BCUT2D eigenvalue weighted by atomic mass is 16.5. The van der Waals surface area contributed by atoms with Crippen molar-refractivity contribution in [2.24, 2.45) is 0 Å². The third-order valence-corrected chi connectivity index (χ3v) is 2.28. The Hall–Kier alpha value is -1.42. The van der Waals surface area contributed by atoms with Gasteiger partial charge in [-0.15, -0.1) is 0 Å². The van der Waals surface area contributed by atoms with E-state index < -0.39 is 0 Å². The third-order valence-electron chi connectivity index (χ3n) is 2.28. The molecule has 0 unspecified atom stereocenters. The maximum Gasteiger partial charge on any atom is 0.203 e. The van der Waals surface area contributed by atoms with E-state index in [1.165, 1.54) is 0 Å². The first kappa shape index (κ1) is 13.6. The monoisotopic (exact) mass is 239 g/mol. The molecule has 0 aliphatic carbocycles. The number of benzene rings is 1. The smallest absolute Gasteiger partial charge is 0.203 e. The van der Waals surface area contributed by atoms with E-state index in [-0.39, 0.29) is 0 Å². The third kappa shape index (κ3) is 4.15. The predicted octanol–water partition coefficient (Wildman–Crippen LogP) is 2.08. The minimum absolute atomic E-state index is 0.457. The molecular formula is C13H21NO3. The number of hydrogen-bond acceptors (Lipinski definition) is 4. The minimum atomic E-state index is 0.457. The van der Waals surface area contributed by atoms with E-state index in [9.17, 15) is 0 Å². The minimum Gasteiger partial charge on any atom is -0.493 e. The molecule has 0 bridgehead atoms. The molecule has 96 valence electrons. The van der Waals surface area contributed by atoms with Gasteiger partial charge in [-0.25, -0.2) is 0 Å². The number of para-hydroxylation sites is 1. The second-order valence-corrected chi connectivity index (χ2v) is 3.95. The molecule has 0 atom stereocenters. The zero-order valence-electron chi connectivity index (χ0n) is 10.9. The molecule has 4 nitrogen and oxygen atoms in total. The maximum absolute atomic E-state index is 5.69. The zero-order chi connectivity index (χ0) is 12.7. The van der Waals surface area contributed by atoms with E-state index in [2.05, 4.69) is 19.2 Å². The Labute approximate surface area is 103 Å². The van der Waals surface area contributed by atoms with Gasteiger partial charge in [-0.3, -0.25) is 0 Å². The van der Waals surface area contributed by atoms with Crippen molar-refractivity contribution in [2.75, 3.05) is 27.4 Å². The van der Waals surface area contributed by atoms with Gasteiger partial charge in [0.15, 0.2) is 11.5 Å². The lowest BCUT2D eigenvalue weighted by Crippen LogP contribution is -2.27. The van der Waals surface area contributed by atoms with Gasteiger partial charge in [0.1, 0.15) is 6.61 Å². The van der Waals surface area contributed by atoms with E-state index >= 15 is 0 Å². The lowest BCUT2D eigenvalue weighted by atomic mass is 10.3. The molecule has 17 heavy (non-hydrogen) atoms. The van der Waals surface area contributed by atoms with Crippen LogP contribution in [-0.2, 0) is 0 Å². The van der Waals surface area contributed by atoms with Crippen LogP contribution in [0.2, 0.25) is 0 Å². The summed E-state index contributed by atoms with van der Waals surface area (Å²) in [5.41, 5.74) is 0. The zero-order valence-corrected chi connectivity index (χ0v) is 10.9. The summed E-state index contributed by atoms with van der Waals surface area (Å²) < 4.78 is 16.2. The molecule has 1 aromatic carbocycles. The molecule has 0 aliphatic rings. The molecule has 1 aromatic rings. The van der Waals surface area contributed by atoms with Crippen molar-refractivity contribution < 1.29 is 14.2 Å². The summed E-state index contributed by atoms with van der Waals surface area (Å²) >= 11 is 0. The van der Waals surface area contributed by atoms with Crippen molar-refractivity contribution in [1.29, 1.82) is 0 Å². The summed E-state index contributed by atoms with van der Waals surface area (Å²) in [5, 5.41) is 3.28. The van der Waals surface area contributed by atoms with Crippen LogP contribution in [0.1, 0.15) is 13.8 Å². The maximum atomic E-state index is 5.69. The van der Waals surface area contributed by atoms with Gasteiger partial charge < -0.3 is 19.5 Å². The quantitative estimate of drug-likeness (QED) is 0.739. The van der Waals surface area contributed by atoms with E-state index in [1.54, 1.807) is 14.2 Å². The summed E-state index contributed by atoms with van der Waals surface area (Å²) in [6.45, 7) is 5.57. The van der Waals surface area contributed by atoms with Crippen LogP contribution in [0.4, 0.5) is 0 Å². The van der Waals surface area contributed by atoms with Gasteiger partial charge in [0.2, 0.25) is 5.75 Å². The van der Waals surface area contributed by atoms with E-state index in [1.807, 2.05) is 18.2 Å². The van der Waals surface area contributed by atoms with Crippen molar-refractivity contribution in [1.82, 2.24) is 5.32 Å². The molecule has 4 heteroatoms. The molecule has 0 fully saturated rings. The van der Waals surface area contributed by atoms with Crippen molar-refractivity contribution in [3.63, 3.8) is 0 Å². The lowest BCUT2D eigenvalue weighted by molar-refractivity contribution is 0.271. The summed E-state index contributed by atoms with van der Waals surface area (Å²) in [4.78, 5) is 0. The molecule has 0 amide bonds. The number of ether oxygens (including phenoxy) is 3. The first-order valence-corrected chi connectivity index (χ1v) is 5.76. The Balaban J connectivity index is 2.61. The molecule has 1 N–H and O–H groups in total. The summed E-state index contributed by atoms with van der Waals surface area (Å²) in [7, 11) is 3.24. The van der Waals surface area contributed by atoms with Crippen LogP contribution in [0.5, 0.6) is 17.2 Å². The van der Waals surface area contributed by atoms with Crippen LogP contribution < -0.4 is 19.5 Å². The fourth-order valence-corrected chi connectivity index (χ4v) is 1.46. The molecule has 0 heterocycles. The Morgan fingerprint density at radius 1 is 1.12 bits per heavy atom. The second kappa shape index (κ2) is 7.01. The highest BCUT2D eigenvalue weighted by Crippen LogP contribution is 2.36. The molecule has 0 saturated heterocycles. The lowest BCUT2D eigenvalue weighted by Gasteiger charge is -2.15. The molecular weight excluding hydrogens is 218 g/mol. The number of rotatable bonds is 7. The van der Waals surface area contributed by atoms with Gasteiger partial charge >= 0.3 is 0 Å². The molecule has 0 radical (unpaired) electrons. The Morgan fingerprint density at radius 3 is 2.18 bits per heavy atom. The van der Waals surface area contributed by atoms with Crippen molar-refractivity contribution in [2.45, 2.75) is 19.9 Å². The summed E-state index contributed by atoms with van der Waals surface area (Å²) in [6.07, 6.45) is 0. The van der Waals surface area contributed by atoms with Gasteiger partial charge in [-0.2, -0.15) is 0 Å². The molecule has 0 aromatic heterocycles. The van der Waals surface area contributed by atoms with E-state index in [4.69, 9.17) is 14.2 Å². The van der Waals surface area contributed by atoms with Gasteiger partial charge in [0.25, 0.3) is 0 Å². The number of hydrogen-bond donors (Lipinski definition) is 1. The number of nitrogens with one attached hydrogen (secondary N) is 1. The normalized spacial score (nSPS) is 10.4. The van der Waals surface area contributed by atoms with Crippen molar-refractivity contribution in [3.8, 4) is 17.2 Å². The first-order chi connectivity index (χ1) is 8.19. The average Bonchev–Trinajstić information content (AvgIpc) is 2.34. The van der Waals surface area contributed by atoms with Crippen LogP contribution in [0, 0.1) is 0 Å². The second-order valence-electron chi connectivity index (χ2n) is 3.95. The van der Waals surface area contributed by atoms with Gasteiger partial charge in [0.05, 0.1) is 14.2 Å². The van der Waals surface area contributed by atoms with E-state index in [0.29, 0.717) is 29.9 Å². The fraction of sp³-hybridized carbons (Fsp3) is 0.538. The highest BCUT2D eigenvalue weighted by molar-refractivity contribution is 5.51. The van der Waals surface area contributed by atoms with Crippen LogP contribution in [-0.4, -0.2) is 33.4 Å². The van der Waals surface area contributed by atoms with Gasteiger partial charge in [-0.05, 0) is 12.1 Å². The highest BCUT2D eigenvalue weighted by Gasteiger charge is 2.10. The standard InChI is InChI=1S/C13H21NO3/c1-10(2)14-8-9-17-13-11(15-3)6-5-7-12(13)16-4/h5-7,10,14H,8-9H2,1-4H3. The Kier molecular flexibility index (Phi) is 5.63. The Bertz CT molecular complexity index is 317. The van der Waals surface area contributed by atoms with Crippen molar-refractivity contribution >= 4 is 0 Å². The molecule has 0 spiro atoms. The summed E-state index contributed by atoms with van der Waals surface area (Å²) in [6, 6.07) is 6.04. The van der Waals surface area contributed by atoms with Crippen LogP contribution in [0.15, 0.2) is 18.2 Å². The van der Waals surface area contributed by atoms with Crippen LogP contribution >= 0.6 is 0 Å². The van der Waals surface area contributed by atoms with Gasteiger partial charge in [0, 0.05) is 12.6 Å². The van der Waals surface area contributed by atoms with Gasteiger partial charge in [-0.1, -0.05) is 19.9 Å². The van der Waals surface area contributed by atoms with E-state index in [0.717, 1.165) is 6.54 Å². The van der Waals surface area contributed by atoms with Crippen molar-refractivity contribution in [3.05, 3.63) is 18.2 Å². The number of methoxy groups -OCH3 is 2. The predicted molar refractivity (Wildman–Crippen MR) is 68.2 cm³/mol.